The lowest BCUT2D eigenvalue weighted by atomic mass is 9.75. The van der Waals surface area contributed by atoms with Crippen LogP contribution in [0.4, 0.5) is 5.69 Å². The molecule has 35 heavy (non-hydrogen) atoms. The van der Waals surface area contributed by atoms with E-state index in [2.05, 4.69) is 5.32 Å². The van der Waals surface area contributed by atoms with Gasteiger partial charge in [0.25, 0.3) is 5.91 Å². The lowest BCUT2D eigenvalue weighted by Gasteiger charge is -2.27. The molecule has 4 amide bonds. The van der Waals surface area contributed by atoms with E-state index in [0.29, 0.717) is 23.4 Å². The number of para-hydroxylation sites is 1. The van der Waals surface area contributed by atoms with Crippen molar-refractivity contribution >= 4 is 29.3 Å². The molecule has 3 heterocycles. The van der Waals surface area contributed by atoms with Crippen molar-refractivity contribution in [2.75, 3.05) is 12.4 Å². The Labute approximate surface area is 203 Å². The molecular weight excluding hydrogens is 448 g/mol. The Morgan fingerprint density at radius 3 is 2.63 bits per heavy atom. The number of quaternary nitrogens is 1. The molecule has 4 atom stereocenters. The number of benzene rings is 2. The van der Waals surface area contributed by atoms with Crippen LogP contribution in [0.5, 0.6) is 5.75 Å². The van der Waals surface area contributed by atoms with Crippen LogP contribution < -0.4 is 21.1 Å². The summed E-state index contributed by atoms with van der Waals surface area (Å²) in [6, 6.07) is 10.7. The van der Waals surface area contributed by atoms with Crippen molar-refractivity contribution in [2.45, 2.75) is 44.8 Å². The van der Waals surface area contributed by atoms with Crippen molar-refractivity contribution in [2.24, 2.45) is 17.6 Å². The molecule has 1 spiro atoms. The van der Waals surface area contributed by atoms with Gasteiger partial charge in [-0.15, -0.1) is 0 Å². The van der Waals surface area contributed by atoms with Gasteiger partial charge in [-0.25, -0.2) is 0 Å². The van der Waals surface area contributed by atoms with E-state index < -0.39 is 29.3 Å². The molecule has 2 aromatic carbocycles. The Hall–Kier alpha value is -3.72. The lowest BCUT2D eigenvalue weighted by Crippen LogP contribution is -2.99. The predicted octanol–water partition coefficient (Wildman–Crippen LogP) is 0.472. The molecule has 2 saturated heterocycles. The molecule has 2 aromatic rings. The number of rotatable bonds is 6. The van der Waals surface area contributed by atoms with Gasteiger partial charge in [0.1, 0.15) is 23.6 Å². The summed E-state index contributed by atoms with van der Waals surface area (Å²) in [4.78, 5) is 54.1. The summed E-state index contributed by atoms with van der Waals surface area (Å²) >= 11 is 0. The van der Waals surface area contributed by atoms with Crippen LogP contribution in [0.1, 0.15) is 35.1 Å². The summed E-state index contributed by atoms with van der Waals surface area (Å²) in [5.74, 6) is -2.56. The van der Waals surface area contributed by atoms with Crippen LogP contribution in [0.2, 0.25) is 0 Å². The number of primary amides is 1. The van der Waals surface area contributed by atoms with Crippen LogP contribution in [-0.2, 0) is 31.3 Å². The van der Waals surface area contributed by atoms with Crippen molar-refractivity contribution < 1.29 is 29.2 Å². The third kappa shape index (κ3) is 3.33. The van der Waals surface area contributed by atoms with Crippen molar-refractivity contribution in [1.29, 1.82) is 0 Å². The van der Waals surface area contributed by atoms with Gasteiger partial charge >= 0.3 is 0 Å². The zero-order chi connectivity index (χ0) is 25.1. The van der Waals surface area contributed by atoms with Gasteiger partial charge in [-0.2, -0.15) is 0 Å². The molecule has 0 unspecified atom stereocenters. The van der Waals surface area contributed by atoms with Gasteiger partial charge in [-0.1, -0.05) is 29.8 Å². The smallest absolute Gasteiger partial charge is 0.291 e. The monoisotopic (exact) mass is 477 g/mol. The van der Waals surface area contributed by atoms with Gasteiger partial charge in [-0.05, 0) is 31.5 Å². The van der Waals surface area contributed by atoms with Crippen LogP contribution in [0.25, 0.3) is 0 Å². The van der Waals surface area contributed by atoms with Gasteiger partial charge in [0.2, 0.25) is 23.3 Å². The number of carbonyl (C=O) groups excluding carboxylic acids is 4. The highest BCUT2D eigenvalue weighted by Crippen LogP contribution is 2.50. The van der Waals surface area contributed by atoms with Crippen molar-refractivity contribution in [1.82, 2.24) is 4.90 Å². The van der Waals surface area contributed by atoms with E-state index in [1.165, 1.54) is 12.0 Å². The molecular formula is C26H29N4O5+. The molecule has 3 aliphatic rings. The fourth-order valence-electron chi connectivity index (χ4n) is 6.21. The van der Waals surface area contributed by atoms with Crippen molar-refractivity contribution in [3.63, 3.8) is 0 Å². The number of carbonyl (C=O) groups is 4. The topological polar surface area (TPSA) is 135 Å². The Balaban J connectivity index is 1.61. The van der Waals surface area contributed by atoms with Gasteiger partial charge in [0.15, 0.2) is 0 Å². The zero-order valence-corrected chi connectivity index (χ0v) is 20.0. The third-order valence-electron chi connectivity index (χ3n) is 7.66. The maximum absolute atomic E-state index is 13.9. The number of fused-ring (bicyclic) bond motifs is 4. The molecule has 182 valence electrons. The normalized spacial score (nSPS) is 26.8. The van der Waals surface area contributed by atoms with E-state index in [0.717, 1.165) is 16.7 Å². The molecule has 2 fully saturated rings. The summed E-state index contributed by atoms with van der Waals surface area (Å²) in [6.45, 7) is 3.91. The molecule has 0 aliphatic carbocycles. The van der Waals surface area contributed by atoms with Crippen LogP contribution in [-0.4, -0.2) is 41.7 Å². The Bertz CT molecular complexity index is 1270. The number of anilines is 1. The summed E-state index contributed by atoms with van der Waals surface area (Å²) in [6.07, 6.45) is 0.364. The number of nitrogens with one attached hydrogen (secondary N) is 1. The van der Waals surface area contributed by atoms with E-state index in [4.69, 9.17) is 10.5 Å². The Kier molecular flexibility index (Phi) is 5.40. The number of methoxy groups -OCH3 is 1. The van der Waals surface area contributed by atoms with Gasteiger partial charge in [0.05, 0.1) is 19.3 Å². The van der Waals surface area contributed by atoms with Crippen molar-refractivity contribution in [3.8, 4) is 5.75 Å². The second kappa shape index (κ2) is 8.20. The molecule has 5 N–H and O–H groups in total. The number of imide groups is 1. The Morgan fingerprint density at radius 2 is 1.91 bits per heavy atom. The summed E-state index contributed by atoms with van der Waals surface area (Å²) in [5, 5.41) is 4.81. The number of nitrogens with two attached hydrogens (primary N) is 2. The summed E-state index contributed by atoms with van der Waals surface area (Å²) in [7, 11) is 1.54. The lowest BCUT2D eigenvalue weighted by molar-refractivity contribution is -0.734. The summed E-state index contributed by atoms with van der Waals surface area (Å²) in [5.41, 5.74) is 8.11. The SMILES string of the molecule is COc1ccccc1CN1C(=O)[C@H]2[C@@H](C1=O)[C@@]1([NH2+][C@@H]2CCC(N)=O)C(=O)Nc2c(C)cc(C)cc21. The molecule has 9 nitrogen and oxygen atoms in total. The first kappa shape index (κ1) is 23.0. The van der Waals surface area contributed by atoms with Crippen LogP contribution in [0, 0.1) is 25.7 Å². The third-order valence-corrected chi connectivity index (χ3v) is 7.66. The molecule has 0 aromatic heterocycles. The van der Waals surface area contributed by atoms with E-state index >= 15 is 0 Å². The molecule has 5 rings (SSSR count). The molecule has 0 saturated carbocycles. The number of aryl methyl sites for hydroxylation is 2. The minimum Gasteiger partial charge on any atom is -0.496 e. The molecule has 9 heteroatoms. The number of hydrogen-bond donors (Lipinski definition) is 3. The first-order valence-electron chi connectivity index (χ1n) is 11.7. The van der Waals surface area contributed by atoms with Gasteiger partial charge in [-0.3, -0.25) is 24.1 Å². The summed E-state index contributed by atoms with van der Waals surface area (Å²) < 4.78 is 5.42. The average molecular weight is 478 g/mol. The number of likely N-dealkylation sites (tertiary alicyclic amines) is 1. The number of amides is 4. The second-order valence-corrected chi connectivity index (χ2v) is 9.74. The van der Waals surface area contributed by atoms with E-state index in [9.17, 15) is 19.2 Å². The second-order valence-electron chi connectivity index (χ2n) is 9.74. The minimum atomic E-state index is -1.28. The standard InChI is InChI=1S/C26H28N4O5/c1-13-10-14(2)22-16(11-13)26(25(34)28-22)21-20(17(29-26)8-9-19(27)31)23(32)30(24(21)33)12-15-6-4-5-7-18(15)35-3/h4-7,10-11,17,20-21,29H,8-9,12H2,1-3H3,(H2,27,31)(H,28,34)/p+1/t17-,20-,21+,26-/m1/s1. The van der Waals surface area contributed by atoms with Crippen LogP contribution in [0.3, 0.4) is 0 Å². The van der Waals surface area contributed by atoms with E-state index in [1.807, 2.05) is 49.5 Å². The zero-order valence-electron chi connectivity index (χ0n) is 20.0. The van der Waals surface area contributed by atoms with Crippen molar-refractivity contribution in [3.05, 3.63) is 58.7 Å². The fourth-order valence-corrected chi connectivity index (χ4v) is 6.21. The predicted molar refractivity (Wildman–Crippen MR) is 126 cm³/mol. The quantitative estimate of drug-likeness (QED) is 0.520. The van der Waals surface area contributed by atoms with E-state index in [1.54, 1.807) is 6.07 Å². The number of nitrogens with zero attached hydrogens (tertiary/aromatic N) is 1. The highest BCUT2D eigenvalue weighted by atomic mass is 16.5. The largest absolute Gasteiger partial charge is 0.496 e. The molecule has 0 bridgehead atoms. The first-order valence-corrected chi connectivity index (χ1v) is 11.7. The van der Waals surface area contributed by atoms with Crippen LogP contribution >= 0.6 is 0 Å². The first-order chi connectivity index (χ1) is 16.7. The maximum Gasteiger partial charge on any atom is 0.291 e. The highest BCUT2D eigenvalue weighted by Gasteiger charge is 2.74. The molecule has 0 radical (unpaired) electrons. The average Bonchev–Trinajstić information content (AvgIpc) is 3.39. The van der Waals surface area contributed by atoms with Crippen LogP contribution in [0.15, 0.2) is 36.4 Å². The maximum atomic E-state index is 13.9. The van der Waals surface area contributed by atoms with Gasteiger partial charge in [0, 0.05) is 24.0 Å². The number of ether oxygens (including phenoxy) is 1. The van der Waals surface area contributed by atoms with Gasteiger partial charge < -0.3 is 21.1 Å². The Morgan fingerprint density at radius 1 is 1.17 bits per heavy atom. The van der Waals surface area contributed by atoms with E-state index in [-0.39, 0.29) is 30.7 Å². The highest BCUT2D eigenvalue weighted by molar-refractivity contribution is 6.14. The minimum absolute atomic E-state index is 0.0502. The number of hydrogen-bond acceptors (Lipinski definition) is 5. The molecule has 3 aliphatic heterocycles. The fraction of sp³-hybridized carbons (Fsp3) is 0.385.